The second-order valence-corrected chi connectivity index (χ2v) is 9.41. The lowest BCUT2D eigenvalue weighted by atomic mass is 9.75. The first-order valence-electron chi connectivity index (χ1n) is 11.7. The van der Waals surface area contributed by atoms with Crippen molar-refractivity contribution in [2.45, 2.75) is 18.3 Å². The van der Waals surface area contributed by atoms with E-state index in [1.165, 1.54) is 30.3 Å². The van der Waals surface area contributed by atoms with Gasteiger partial charge in [-0.15, -0.1) is 0 Å². The third-order valence-corrected chi connectivity index (χ3v) is 6.85. The lowest BCUT2D eigenvalue weighted by Gasteiger charge is -2.37. The van der Waals surface area contributed by atoms with E-state index < -0.39 is 23.0 Å². The van der Waals surface area contributed by atoms with Crippen molar-refractivity contribution in [3.63, 3.8) is 0 Å². The number of amides is 3. The number of benzene rings is 2. The molecule has 2 fully saturated rings. The molecule has 2 aromatic rings. The summed E-state index contributed by atoms with van der Waals surface area (Å²) in [4.78, 5) is 46.6. The molecule has 2 heterocycles. The number of piperazine rings is 1. The molecule has 9 heteroatoms. The lowest BCUT2D eigenvalue weighted by molar-refractivity contribution is -0.143. The molecule has 0 aromatic heterocycles. The summed E-state index contributed by atoms with van der Waals surface area (Å²) in [5.74, 6) is -2.11. The van der Waals surface area contributed by atoms with Gasteiger partial charge < -0.3 is 14.7 Å². The van der Waals surface area contributed by atoms with Crippen LogP contribution in [-0.2, 0) is 19.8 Å². The van der Waals surface area contributed by atoms with Gasteiger partial charge in [-0.25, -0.2) is 8.78 Å². The summed E-state index contributed by atoms with van der Waals surface area (Å²) >= 11 is 0. The molecule has 0 aliphatic carbocycles. The van der Waals surface area contributed by atoms with Crippen LogP contribution >= 0.6 is 0 Å². The zero-order valence-electron chi connectivity index (χ0n) is 20.0. The number of carbonyl (C=O) groups excluding carboxylic acids is 3. The Morgan fingerprint density at radius 3 is 2.26 bits per heavy atom. The molecule has 2 aliphatic heterocycles. The number of imide groups is 1. The van der Waals surface area contributed by atoms with Crippen molar-refractivity contribution in [2.75, 3.05) is 58.3 Å². The molecular weight excluding hydrogens is 454 g/mol. The number of hydrogen-bond donors (Lipinski definition) is 0. The number of nitrogens with zero attached hydrogens (tertiary/aromatic N) is 4. The van der Waals surface area contributed by atoms with Crippen LogP contribution in [0.15, 0.2) is 48.5 Å². The van der Waals surface area contributed by atoms with Crippen LogP contribution in [0.2, 0.25) is 0 Å². The molecule has 0 saturated carbocycles. The standard InChI is InChI=1S/C26H30F2N4O3/c1-29(2)11-16-32-24(34)18-26(25(32)35,21-5-3-4-6-22(21)28)17-23(33)31-14-12-30(13-15-31)20-9-7-19(27)8-10-20/h3-10H,11-18H2,1-2H3. The molecule has 35 heavy (non-hydrogen) atoms. The second kappa shape index (κ2) is 10.1. The minimum Gasteiger partial charge on any atom is -0.368 e. The van der Waals surface area contributed by atoms with Crippen molar-refractivity contribution in [3.05, 3.63) is 65.7 Å². The Bertz CT molecular complexity index is 1100. The minimum absolute atomic E-state index is 0.0870. The van der Waals surface area contributed by atoms with Crippen molar-refractivity contribution in [1.29, 1.82) is 0 Å². The smallest absolute Gasteiger partial charge is 0.241 e. The zero-order valence-corrected chi connectivity index (χ0v) is 20.0. The molecule has 3 amide bonds. The largest absolute Gasteiger partial charge is 0.368 e. The summed E-state index contributed by atoms with van der Waals surface area (Å²) in [7, 11) is 3.68. The maximum Gasteiger partial charge on any atom is 0.241 e. The molecule has 1 atom stereocenters. The van der Waals surface area contributed by atoms with Crippen LogP contribution in [0.1, 0.15) is 18.4 Å². The highest BCUT2D eigenvalue weighted by molar-refractivity contribution is 6.10. The number of rotatable bonds is 7. The summed E-state index contributed by atoms with van der Waals surface area (Å²) < 4.78 is 28.2. The summed E-state index contributed by atoms with van der Waals surface area (Å²) in [6.07, 6.45) is -0.505. The number of likely N-dealkylation sites (N-methyl/N-ethyl adjacent to an activating group) is 1. The van der Waals surface area contributed by atoms with Gasteiger partial charge in [-0.3, -0.25) is 19.3 Å². The SMILES string of the molecule is CN(C)CCN1C(=O)CC(CC(=O)N2CCN(c3ccc(F)cc3)CC2)(c2ccccc2F)C1=O. The second-order valence-electron chi connectivity index (χ2n) is 9.41. The average Bonchev–Trinajstić information content (AvgIpc) is 3.07. The van der Waals surface area contributed by atoms with Crippen LogP contribution in [-0.4, -0.2) is 85.8 Å². The highest BCUT2D eigenvalue weighted by Crippen LogP contribution is 2.41. The van der Waals surface area contributed by atoms with Gasteiger partial charge in [0.15, 0.2) is 0 Å². The lowest BCUT2D eigenvalue weighted by Crippen LogP contribution is -2.51. The molecule has 0 radical (unpaired) electrons. The van der Waals surface area contributed by atoms with Crippen LogP contribution < -0.4 is 4.90 Å². The Labute approximate surface area is 203 Å². The number of halogens is 2. The van der Waals surface area contributed by atoms with E-state index in [1.54, 1.807) is 23.1 Å². The first-order valence-corrected chi connectivity index (χ1v) is 11.7. The molecule has 186 valence electrons. The molecular formula is C26H30F2N4O3. The Morgan fingerprint density at radius 1 is 0.971 bits per heavy atom. The summed E-state index contributed by atoms with van der Waals surface area (Å²) in [6.45, 7) is 2.58. The fraction of sp³-hybridized carbons (Fsp3) is 0.423. The van der Waals surface area contributed by atoms with E-state index in [0.29, 0.717) is 32.7 Å². The van der Waals surface area contributed by atoms with Crippen molar-refractivity contribution < 1.29 is 23.2 Å². The number of anilines is 1. The van der Waals surface area contributed by atoms with Gasteiger partial charge in [0.25, 0.3) is 0 Å². The van der Waals surface area contributed by atoms with Crippen LogP contribution in [0.3, 0.4) is 0 Å². The van der Waals surface area contributed by atoms with Crippen molar-refractivity contribution in [1.82, 2.24) is 14.7 Å². The van der Waals surface area contributed by atoms with Crippen LogP contribution in [0.4, 0.5) is 14.5 Å². The Morgan fingerprint density at radius 2 is 1.63 bits per heavy atom. The molecule has 1 unspecified atom stereocenters. The molecule has 7 nitrogen and oxygen atoms in total. The van der Waals surface area contributed by atoms with E-state index in [-0.39, 0.29) is 36.7 Å². The normalized spacial score (nSPS) is 20.8. The summed E-state index contributed by atoms with van der Waals surface area (Å²) in [5, 5.41) is 0. The van der Waals surface area contributed by atoms with E-state index in [2.05, 4.69) is 4.90 Å². The van der Waals surface area contributed by atoms with E-state index >= 15 is 0 Å². The Balaban J connectivity index is 1.53. The summed E-state index contributed by atoms with van der Waals surface area (Å²) in [6, 6.07) is 12.1. The van der Waals surface area contributed by atoms with Gasteiger partial charge in [-0.1, -0.05) is 18.2 Å². The predicted octanol–water partition coefficient (Wildman–Crippen LogP) is 2.26. The van der Waals surface area contributed by atoms with Gasteiger partial charge in [0.1, 0.15) is 11.6 Å². The fourth-order valence-corrected chi connectivity index (χ4v) is 4.86. The van der Waals surface area contributed by atoms with E-state index in [4.69, 9.17) is 0 Å². The molecule has 0 bridgehead atoms. The molecule has 0 spiro atoms. The Kier molecular flexibility index (Phi) is 7.16. The summed E-state index contributed by atoms with van der Waals surface area (Å²) in [5.41, 5.74) is -0.599. The van der Waals surface area contributed by atoms with Gasteiger partial charge in [-0.2, -0.15) is 0 Å². The number of likely N-dealkylation sites (tertiary alicyclic amines) is 1. The Hall–Kier alpha value is -3.33. The fourth-order valence-electron chi connectivity index (χ4n) is 4.86. The monoisotopic (exact) mass is 484 g/mol. The molecule has 2 aromatic carbocycles. The van der Waals surface area contributed by atoms with Gasteiger partial charge in [-0.05, 0) is 44.4 Å². The average molecular weight is 485 g/mol. The van der Waals surface area contributed by atoms with Crippen LogP contribution in [0.25, 0.3) is 0 Å². The first-order chi connectivity index (χ1) is 16.7. The highest BCUT2D eigenvalue weighted by atomic mass is 19.1. The molecule has 2 aliphatic rings. The molecule has 2 saturated heterocycles. The van der Waals surface area contributed by atoms with E-state index in [9.17, 15) is 23.2 Å². The van der Waals surface area contributed by atoms with Gasteiger partial charge in [0, 0.05) is 63.4 Å². The van der Waals surface area contributed by atoms with Crippen LogP contribution in [0.5, 0.6) is 0 Å². The maximum absolute atomic E-state index is 14.9. The topological polar surface area (TPSA) is 64.2 Å². The maximum atomic E-state index is 14.9. The highest BCUT2D eigenvalue weighted by Gasteiger charge is 2.55. The van der Waals surface area contributed by atoms with Gasteiger partial charge in [0.2, 0.25) is 17.7 Å². The van der Waals surface area contributed by atoms with Crippen molar-refractivity contribution in [2.24, 2.45) is 0 Å². The van der Waals surface area contributed by atoms with E-state index in [0.717, 1.165) is 10.6 Å². The third kappa shape index (κ3) is 5.05. The van der Waals surface area contributed by atoms with Gasteiger partial charge >= 0.3 is 0 Å². The van der Waals surface area contributed by atoms with E-state index in [1.807, 2.05) is 19.0 Å². The van der Waals surface area contributed by atoms with Crippen molar-refractivity contribution >= 4 is 23.4 Å². The number of carbonyl (C=O) groups is 3. The predicted molar refractivity (Wildman–Crippen MR) is 128 cm³/mol. The molecule has 4 rings (SSSR count). The van der Waals surface area contributed by atoms with Crippen LogP contribution in [0, 0.1) is 11.6 Å². The van der Waals surface area contributed by atoms with Gasteiger partial charge in [0.05, 0.1) is 5.41 Å². The quantitative estimate of drug-likeness (QED) is 0.565. The molecule has 0 N–H and O–H groups in total. The third-order valence-electron chi connectivity index (χ3n) is 6.85. The zero-order chi connectivity index (χ0) is 25.2. The first kappa shape index (κ1) is 24.8. The van der Waals surface area contributed by atoms with Crippen molar-refractivity contribution in [3.8, 4) is 0 Å². The number of hydrogen-bond acceptors (Lipinski definition) is 5. The minimum atomic E-state index is -1.56.